The molecule has 2 nitrogen and oxygen atoms in total. The first-order chi connectivity index (χ1) is 5.21. The fourth-order valence-electron chi connectivity index (χ4n) is 0.945. The molecule has 1 saturated heterocycles. The van der Waals surface area contributed by atoms with E-state index in [-0.39, 0.29) is 0 Å². The summed E-state index contributed by atoms with van der Waals surface area (Å²) in [4.78, 5) is 4.20. The van der Waals surface area contributed by atoms with E-state index in [1.54, 1.807) is 0 Å². The van der Waals surface area contributed by atoms with E-state index in [1.807, 2.05) is 0 Å². The molecule has 1 aliphatic heterocycles. The van der Waals surface area contributed by atoms with Gasteiger partial charge in [-0.2, -0.15) is 0 Å². The summed E-state index contributed by atoms with van der Waals surface area (Å²) in [5.41, 5.74) is 1.29. The lowest BCUT2D eigenvalue weighted by atomic mass is 10.2. The Balaban J connectivity index is 2.33. The van der Waals surface area contributed by atoms with Crippen molar-refractivity contribution in [1.29, 1.82) is 0 Å². The zero-order chi connectivity index (χ0) is 7.90. The summed E-state index contributed by atoms with van der Waals surface area (Å²) in [7, 11) is -1.02. The van der Waals surface area contributed by atoms with Crippen molar-refractivity contribution >= 4 is 10.5 Å². The first-order valence-corrected chi connectivity index (χ1v) is 5.47. The largest absolute Gasteiger partial charge is 0.222 e. The van der Waals surface area contributed by atoms with E-state index in [2.05, 4.69) is 42.3 Å². The Morgan fingerprint density at radius 3 is 2.27 bits per heavy atom. The third-order valence-corrected chi connectivity index (χ3v) is 3.64. The maximum absolute atomic E-state index is 5.16. The van der Waals surface area contributed by atoms with Crippen LogP contribution in [-0.2, 0) is 4.28 Å². The fourth-order valence-corrected chi connectivity index (χ4v) is 2.20. The van der Waals surface area contributed by atoms with Crippen LogP contribution in [0.4, 0.5) is 0 Å². The van der Waals surface area contributed by atoms with Crippen LogP contribution in [0.15, 0.2) is 29.2 Å². The van der Waals surface area contributed by atoms with Crippen molar-refractivity contribution in [2.24, 2.45) is 0 Å². The summed E-state index contributed by atoms with van der Waals surface area (Å²) in [6.45, 7) is 2.09. The van der Waals surface area contributed by atoms with E-state index in [9.17, 15) is 0 Å². The van der Waals surface area contributed by atoms with Gasteiger partial charge in [-0.1, -0.05) is 17.7 Å². The number of hydrogen-bond acceptors (Lipinski definition) is 2. The van der Waals surface area contributed by atoms with Gasteiger partial charge in [0.25, 0.3) is 0 Å². The zero-order valence-corrected chi connectivity index (χ0v) is 7.44. The van der Waals surface area contributed by atoms with E-state index >= 15 is 0 Å². The molecule has 0 saturated carbocycles. The van der Waals surface area contributed by atoms with Crippen LogP contribution in [0.3, 0.4) is 0 Å². The number of rotatable bonds is 1. The molecular formula is C8H11NOS. The molecule has 1 N–H and O–H groups in total. The van der Waals surface area contributed by atoms with E-state index < -0.39 is 10.5 Å². The average molecular weight is 169 g/mol. The van der Waals surface area contributed by atoms with Crippen LogP contribution >= 0.6 is 10.5 Å². The Labute approximate surface area is 68.2 Å². The summed E-state index contributed by atoms with van der Waals surface area (Å²) in [5, 5.41) is 0. The maximum atomic E-state index is 5.16. The smallest absolute Gasteiger partial charge is 0.0297 e. The van der Waals surface area contributed by atoms with Gasteiger partial charge in [-0.3, -0.25) is 0 Å². The van der Waals surface area contributed by atoms with Crippen LogP contribution in [0.2, 0.25) is 0 Å². The number of benzene rings is 1. The van der Waals surface area contributed by atoms with Gasteiger partial charge in [-0.05, 0) is 29.6 Å². The van der Waals surface area contributed by atoms with Gasteiger partial charge in [0, 0.05) is 11.2 Å². The Morgan fingerprint density at radius 2 is 1.82 bits per heavy atom. The highest BCUT2D eigenvalue weighted by Gasteiger charge is 2.35. The van der Waals surface area contributed by atoms with Crippen LogP contribution in [0.1, 0.15) is 5.56 Å². The van der Waals surface area contributed by atoms with E-state index in [4.69, 9.17) is 4.28 Å². The maximum Gasteiger partial charge on any atom is 0.0297 e. The Bertz CT molecular complexity index is 266. The van der Waals surface area contributed by atoms with Crippen molar-refractivity contribution < 1.29 is 4.28 Å². The average Bonchev–Trinajstić information content (AvgIpc) is 2.70. The molecule has 1 aromatic carbocycles. The van der Waals surface area contributed by atoms with Crippen LogP contribution in [-0.4, -0.2) is 6.26 Å². The molecule has 0 bridgehead atoms. The highest BCUT2D eigenvalue weighted by atomic mass is 32.3. The minimum absolute atomic E-state index is 1.02. The minimum atomic E-state index is -1.02. The second-order valence-electron chi connectivity index (χ2n) is 2.82. The lowest BCUT2D eigenvalue weighted by Crippen LogP contribution is -1.83. The standard InChI is InChI=1S/C8H11NOS/c1-7-3-5-8(6-4-7)11(2)9-10-11/h3-6,9H,1-2H3. The SMILES string of the molecule is Cc1ccc(S2(C)NO2)cc1. The molecule has 60 valence electrons. The topological polar surface area (TPSA) is 34.5 Å². The number of nitrogens with one attached hydrogen (secondary N) is 1. The molecule has 1 aromatic rings. The predicted octanol–water partition coefficient (Wildman–Crippen LogP) is 2.15. The molecule has 1 unspecified atom stereocenters. The van der Waals surface area contributed by atoms with Gasteiger partial charge in [0.1, 0.15) is 0 Å². The van der Waals surface area contributed by atoms with Crippen molar-refractivity contribution in [3.05, 3.63) is 29.8 Å². The third-order valence-electron chi connectivity index (χ3n) is 1.80. The van der Waals surface area contributed by atoms with Gasteiger partial charge >= 0.3 is 0 Å². The molecule has 0 aromatic heterocycles. The second kappa shape index (κ2) is 2.24. The molecule has 2 rings (SSSR count). The van der Waals surface area contributed by atoms with E-state index in [0.717, 1.165) is 0 Å². The van der Waals surface area contributed by atoms with Crippen LogP contribution in [0.25, 0.3) is 0 Å². The second-order valence-corrected chi connectivity index (χ2v) is 5.32. The summed E-state index contributed by atoms with van der Waals surface area (Å²) in [6.07, 6.45) is 2.09. The van der Waals surface area contributed by atoms with Gasteiger partial charge in [0.15, 0.2) is 0 Å². The van der Waals surface area contributed by atoms with E-state index in [1.165, 1.54) is 10.5 Å². The Morgan fingerprint density at radius 1 is 1.27 bits per heavy atom. The van der Waals surface area contributed by atoms with Gasteiger partial charge in [0.2, 0.25) is 0 Å². The summed E-state index contributed by atoms with van der Waals surface area (Å²) < 4.78 is 5.16. The molecule has 11 heavy (non-hydrogen) atoms. The molecule has 1 fully saturated rings. The van der Waals surface area contributed by atoms with Gasteiger partial charge in [-0.15, -0.1) is 4.89 Å². The van der Waals surface area contributed by atoms with E-state index in [0.29, 0.717) is 0 Å². The van der Waals surface area contributed by atoms with Crippen molar-refractivity contribution in [1.82, 2.24) is 4.89 Å². The first kappa shape index (κ1) is 7.16. The zero-order valence-electron chi connectivity index (χ0n) is 6.63. The normalized spacial score (nSPS) is 34.4. The molecule has 3 heteroatoms. The molecule has 1 atom stereocenters. The monoisotopic (exact) mass is 169 g/mol. The molecule has 1 aliphatic rings. The fraction of sp³-hybridized carbons (Fsp3) is 0.250. The first-order valence-electron chi connectivity index (χ1n) is 3.51. The molecule has 0 aliphatic carbocycles. The summed E-state index contributed by atoms with van der Waals surface area (Å²) in [5.74, 6) is 0. The highest BCUT2D eigenvalue weighted by molar-refractivity contribution is 8.31. The van der Waals surface area contributed by atoms with Gasteiger partial charge in [-0.25, -0.2) is 4.28 Å². The Kier molecular flexibility index (Phi) is 1.45. The number of hydrogen-bond donors (Lipinski definition) is 1. The van der Waals surface area contributed by atoms with Crippen LogP contribution < -0.4 is 4.89 Å². The van der Waals surface area contributed by atoms with Crippen molar-refractivity contribution in [2.75, 3.05) is 6.26 Å². The molecular weight excluding hydrogens is 158 g/mol. The number of aryl methyl sites for hydroxylation is 1. The van der Waals surface area contributed by atoms with Crippen molar-refractivity contribution in [3.63, 3.8) is 0 Å². The Hall–Kier alpha value is -0.510. The van der Waals surface area contributed by atoms with Crippen LogP contribution in [0, 0.1) is 6.92 Å². The molecule has 0 amide bonds. The van der Waals surface area contributed by atoms with Crippen molar-refractivity contribution in [3.8, 4) is 0 Å². The molecule has 0 spiro atoms. The summed E-state index contributed by atoms with van der Waals surface area (Å²) in [6, 6.07) is 8.45. The molecule has 1 heterocycles. The minimum Gasteiger partial charge on any atom is -0.222 e. The third kappa shape index (κ3) is 1.27. The van der Waals surface area contributed by atoms with Crippen molar-refractivity contribution in [2.45, 2.75) is 11.8 Å². The lowest BCUT2D eigenvalue weighted by Gasteiger charge is -2.06. The summed E-state index contributed by atoms with van der Waals surface area (Å²) >= 11 is 0. The van der Waals surface area contributed by atoms with Gasteiger partial charge < -0.3 is 0 Å². The van der Waals surface area contributed by atoms with Gasteiger partial charge in [0.05, 0.1) is 0 Å². The predicted molar refractivity (Wildman–Crippen MR) is 47.2 cm³/mol. The quantitative estimate of drug-likeness (QED) is 0.654. The molecule has 0 radical (unpaired) electrons. The highest BCUT2D eigenvalue weighted by Crippen LogP contribution is 2.60. The van der Waals surface area contributed by atoms with Crippen LogP contribution in [0.5, 0.6) is 0 Å². The lowest BCUT2D eigenvalue weighted by molar-refractivity contribution is 0.468.